The number of aliphatic hydroxyl groups is 1. The lowest BCUT2D eigenvalue weighted by Gasteiger charge is -2.31. The molecule has 1 amide bonds. The van der Waals surface area contributed by atoms with Gasteiger partial charge < -0.3 is 19.5 Å². The highest BCUT2D eigenvalue weighted by atomic mass is 16.6. The van der Waals surface area contributed by atoms with Gasteiger partial charge in [-0.1, -0.05) is 18.2 Å². The van der Waals surface area contributed by atoms with Crippen molar-refractivity contribution >= 4 is 11.9 Å². The minimum atomic E-state index is -0.965. The standard InChI is InChI=1S/C19H27NO5/c1-13(21)14-9-10-20(18(23)25-19(2,3)4)11-12-24-16-8-6-5-7-15(16)17(14)22/h5-8,14,17,22H,9-12H2,1-4H3. The molecule has 1 aliphatic rings. The van der Waals surface area contributed by atoms with E-state index in [4.69, 9.17) is 9.47 Å². The molecule has 0 spiro atoms. The molecule has 138 valence electrons. The summed E-state index contributed by atoms with van der Waals surface area (Å²) in [7, 11) is 0. The maximum absolute atomic E-state index is 12.4. The van der Waals surface area contributed by atoms with E-state index in [9.17, 15) is 14.7 Å². The quantitative estimate of drug-likeness (QED) is 0.843. The number of para-hydroxylation sites is 1. The fourth-order valence-electron chi connectivity index (χ4n) is 2.84. The van der Waals surface area contributed by atoms with E-state index in [0.29, 0.717) is 30.8 Å². The first kappa shape index (κ1) is 19.2. The van der Waals surface area contributed by atoms with Gasteiger partial charge in [-0.15, -0.1) is 0 Å². The number of nitrogens with zero attached hydrogens (tertiary/aromatic N) is 1. The van der Waals surface area contributed by atoms with Gasteiger partial charge in [0.05, 0.1) is 12.6 Å². The molecule has 0 fully saturated rings. The van der Waals surface area contributed by atoms with E-state index >= 15 is 0 Å². The third-order valence-corrected chi connectivity index (χ3v) is 4.12. The van der Waals surface area contributed by atoms with Crippen LogP contribution in [0.4, 0.5) is 4.79 Å². The molecule has 6 nitrogen and oxygen atoms in total. The van der Waals surface area contributed by atoms with E-state index in [1.165, 1.54) is 11.8 Å². The van der Waals surface area contributed by atoms with E-state index in [-0.39, 0.29) is 12.4 Å². The van der Waals surface area contributed by atoms with E-state index in [2.05, 4.69) is 0 Å². The Morgan fingerprint density at radius 3 is 2.56 bits per heavy atom. The Morgan fingerprint density at radius 2 is 1.92 bits per heavy atom. The average Bonchev–Trinajstić information content (AvgIpc) is 2.51. The molecule has 2 rings (SSSR count). The van der Waals surface area contributed by atoms with Crippen molar-refractivity contribution in [3.63, 3.8) is 0 Å². The first-order chi connectivity index (χ1) is 11.7. The van der Waals surface area contributed by atoms with Crippen LogP contribution in [-0.2, 0) is 9.53 Å². The van der Waals surface area contributed by atoms with E-state index < -0.39 is 23.7 Å². The van der Waals surface area contributed by atoms with Gasteiger partial charge in [-0.2, -0.15) is 0 Å². The first-order valence-corrected chi connectivity index (χ1v) is 8.57. The minimum Gasteiger partial charge on any atom is -0.491 e. The van der Waals surface area contributed by atoms with Gasteiger partial charge in [0.2, 0.25) is 0 Å². The number of ether oxygens (including phenoxy) is 2. The molecule has 0 aliphatic carbocycles. The van der Waals surface area contributed by atoms with Crippen molar-refractivity contribution in [2.24, 2.45) is 5.92 Å². The Balaban J connectivity index is 2.24. The number of carbonyl (C=O) groups is 2. The van der Waals surface area contributed by atoms with Crippen LogP contribution in [-0.4, -0.2) is 47.2 Å². The molecule has 0 saturated carbocycles. The van der Waals surface area contributed by atoms with Gasteiger partial charge in [0.15, 0.2) is 0 Å². The van der Waals surface area contributed by atoms with Crippen molar-refractivity contribution in [1.29, 1.82) is 0 Å². The van der Waals surface area contributed by atoms with Gasteiger partial charge in [-0.25, -0.2) is 4.79 Å². The summed E-state index contributed by atoms with van der Waals surface area (Å²) >= 11 is 0. The summed E-state index contributed by atoms with van der Waals surface area (Å²) in [5.41, 5.74) is 0.00715. The molecule has 1 aliphatic heterocycles. The number of aliphatic hydroxyl groups excluding tert-OH is 1. The zero-order chi connectivity index (χ0) is 18.6. The normalized spacial score (nSPS) is 21.7. The van der Waals surface area contributed by atoms with Crippen molar-refractivity contribution in [2.75, 3.05) is 19.7 Å². The van der Waals surface area contributed by atoms with E-state index in [0.717, 1.165) is 0 Å². The molecule has 0 radical (unpaired) electrons. The number of hydrogen-bond acceptors (Lipinski definition) is 5. The SMILES string of the molecule is CC(=O)C1CCN(C(=O)OC(C)(C)C)CCOc2ccccc2C1O. The van der Waals surface area contributed by atoms with Crippen molar-refractivity contribution in [3.8, 4) is 5.75 Å². The van der Waals surface area contributed by atoms with Crippen LogP contribution < -0.4 is 4.74 Å². The summed E-state index contributed by atoms with van der Waals surface area (Å²) in [5.74, 6) is -0.188. The first-order valence-electron chi connectivity index (χ1n) is 8.57. The number of carbonyl (C=O) groups excluding carboxylic acids is 2. The van der Waals surface area contributed by atoms with Gasteiger partial charge in [-0.05, 0) is 40.2 Å². The summed E-state index contributed by atoms with van der Waals surface area (Å²) < 4.78 is 11.2. The third-order valence-electron chi connectivity index (χ3n) is 4.12. The van der Waals surface area contributed by atoms with E-state index in [1.54, 1.807) is 39.0 Å². The minimum absolute atomic E-state index is 0.119. The zero-order valence-electron chi connectivity index (χ0n) is 15.3. The molecule has 2 atom stereocenters. The van der Waals surface area contributed by atoms with Crippen LogP contribution in [0.5, 0.6) is 5.75 Å². The van der Waals surface area contributed by atoms with Crippen LogP contribution >= 0.6 is 0 Å². The molecule has 0 saturated heterocycles. The molecule has 1 heterocycles. The van der Waals surface area contributed by atoms with Crippen LogP contribution in [0.3, 0.4) is 0 Å². The highest BCUT2D eigenvalue weighted by Gasteiger charge is 2.30. The molecule has 0 aromatic heterocycles. The lowest BCUT2D eigenvalue weighted by molar-refractivity contribution is -0.125. The van der Waals surface area contributed by atoms with Crippen LogP contribution in [0.1, 0.15) is 45.8 Å². The Kier molecular flexibility index (Phi) is 6.06. The van der Waals surface area contributed by atoms with Gasteiger partial charge >= 0.3 is 6.09 Å². The second-order valence-electron chi connectivity index (χ2n) is 7.30. The Morgan fingerprint density at radius 1 is 1.24 bits per heavy atom. The number of benzene rings is 1. The van der Waals surface area contributed by atoms with Gasteiger partial charge in [0.1, 0.15) is 23.7 Å². The number of amides is 1. The number of fused-ring (bicyclic) bond motifs is 1. The summed E-state index contributed by atoms with van der Waals surface area (Å²) in [6, 6.07) is 7.14. The summed E-state index contributed by atoms with van der Waals surface area (Å²) in [5, 5.41) is 10.7. The second-order valence-corrected chi connectivity index (χ2v) is 7.30. The number of Topliss-reactive ketones (excluding diaryl/α,β-unsaturated/α-hetero) is 1. The summed E-state index contributed by atoms with van der Waals surface area (Å²) in [4.78, 5) is 26.0. The van der Waals surface area contributed by atoms with Gasteiger partial charge in [0, 0.05) is 18.0 Å². The Hall–Kier alpha value is -2.08. The van der Waals surface area contributed by atoms with Crippen molar-refractivity contribution in [2.45, 2.75) is 45.8 Å². The van der Waals surface area contributed by atoms with Crippen LogP contribution in [0.2, 0.25) is 0 Å². The number of ketones is 1. The number of rotatable bonds is 1. The monoisotopic (exact) mass is 349 g/mol. The Labute approximate surface area is 148 Å². The van der Waals surface area contributed by atoms with Crippen LogP contribution in [0.25, 0.3) is 0 Å². The predicted molar refractivity (Wildman–Crippen MR) is 93.5 cm³/mol. The lowest BCUT2D eigenvalue weighted by Crippen LogP contribution is -2.41. The molecule has 1 aromatic rings. The van der Waals surface area contributed by atoms with Gasteiger partial charge in [0.25, 0.3) is 0 Å². The maximum atomic E-state index is 12.4. The molecular formula is C19H27NO5. The largest absolute Gasteiger partial charge is 0.491 e. The second kappa shape index (κ2) is 7.87. The number of hydrogen-bond donors (Lipinski definition) is 1. The molecule has 6 heteroatoms. The van der Waals surface area contributed by atoms with Gasteiger partial charge in [-0.3, -0.25) is 4.79 Å². The van der Waals surface area contributed by atoms with Crippen LogP contribution in [0.15, 0.2) is 24.3 Å². The summed E-state index contributed by atoms with van der Waals surface area (Å²) in [6.45, 7) is 7.84. The maximum Gasteiger partial charge on any atom is 0.410 e. The summed E-state index contributed by atoms with van der Waals surface area (Å²) in [6.07, 6.45) is -1.04. The Bertz CT molecular complexity index is 622. The predicted octanol–water partition coefficient (Wildman–Crippen LogP) is 2.94. The fourth-order valence-corrected chi connectivity index (χ4v) is 2.84. The molecule has 1 N–H and O–H groups in total. The lowest BCUT2D eigenvalue weighted by atomic mass is 9.89. The fraction of sp³-hybridized carbons (Fsp3) is 0.579. The molecular weight excluding hydrogens is 322 g/mol. The highest BCUT2D eigenvalue weighted by molar-refractivity contribution is 5.79. The molecule has 2 unspecified atom stereocenters. The van der Waals surface area contributed by atoms with Crippen LogP contribution in [0, 0.1) is 5.92 Å². The van der Waals surface area contributed by atoms with Crippen molar-refractivity contribution < 1.29 is 24.2 Å². The van der Waals surface area contributed by atoms with E-state index in [1.807, 2.05) is 6.07 Å². The molecule has 25 heavy (non-hydrogen) atoms. The topological polar surface area (TPSA) is 76.1 Å². The van der Waals surface area contributed by atoms with Crippen molar-refractivity contribution in [3.05, 3.63) is 29.8 Å². The molecule has 1 aromatic carbocycles. The van der Waals surface area contributed by atoms with Crippen molar-refractivity contribution in [1.82, 2.24) is 4.90 Å². The zero-order valence-corrected chi connectivity index (χ0v) is 15.3. The molecule has 0 bridgehead atoms. The third kappa shape index (κ3) is 5.19. The average molecular weight is 349 g/mol. The smallest absolute Gasteiger partial charge is 0.410 e. The highest BCUT2D eigenvalue weighted by Crippen LogP contribution is 2.33.